The first kappa shape index (κ1) is 26.4. The molecule has 33 heavy (non-hydrogen) atoms. The maximum atomic E-state index is 13.1. The largest absolute Gasteiger partial charge is 0.357 e. The van der Waals surface area contributed by atoms with E-state index in [0.717, 1.165) is 17.5 Å². The van der Waals surface area contributed by atoms with E-state index in [2.05, 4.69) is 5.32 Å². The highest BCUT2D eigenvalue weighted by Crippen LogP contribution is 2.20. The van der Waals surface area contributed by atoms with Crippen molar-refractivity contribution < 1.29 is 18.0 Å². The molecule has 2 rings (SSSR count). The summed E-state index contributed by atoms with van der Waals surface area (Å²) in [6, 6.07) is 16.6. The minimum atomic E-state index is -3.49. The van der Waals surface area contributed by atoms with E-state index in [4.69, 9.17) is 0 Å². The molecule has 0 aliphatic carbocycles. The van der Waals surface area contributed by atoms with Crippen LogP contribution in [-0.4, -0.2) is 57.6 Å². The third kappa shape index (κ3) is 7.89. The Kier molecular flexibility index (Phi) is 9.91. The van der Waals surface area contributed by atoms with Gasteiger partial charge in [-0.15, -0.1) is 0 Å². The molecule has 0 bridgehead atoms. The summed E-state index contributed by atoms with van der Waals surface area (Å²) < 4.78 is 26.1. The normalized spacial score (nSPS) is 12.1. The number of carbonyl (C=O) groups excluding carboxylic acids is 2. The summed E-state index contributed by atoms with van der Waals surface area (Å²) in [6.45, 7) is 4.35. The van der Waals surface area contributed by atoms with E-state index in [0.29, 0.717) is 25.1 Å². The van der Waals surface area contributed by atoms with Gasteiger partial charge in [0.15, 0.2) is 0 Å². The van der Waals surface area contributed by atoms with Crippen LogP contribution in [0.1, 0.15) is 37.8 Å². The monoisotopic (exact) mass is 473 g/mol. The molecule has 0 aliphatic rings. The minimum absolute atomic E-state index is 0.148. The number of likely N-dealkylation sites (N-methyl/N-ethyl adjacent to an activating group) is 1. The second-order valence-electron chi connectivity index (χ2n) is 8.07. The molecule has 0 aliphatic heterocycles. The smallest absolute Gasteiger partial charge is 0.242 e. The van der Waals surface area contributed by atoms with Crippen LogP contribution in [-0.2, 0) is 32.5 Å². The lowest BCUT2D eigenvalue weighted by Crippen LogP contribution is -2.48. The molecule has 0 heterocycles. The summed E-state index contributed by atoms with van der Waals surface area (Å²) in [5.41, 5.74) is 2.79. The Morgan fingerprint density at radius 2 is 1.61 bits per heavy atom. The van der Waals surface area contributed by atoms with Crippen LogP contribution >= 0.6 is 0 Å². The zero-order chi connectivity index (χ0) is 24.4. The molecular weight excluding hydrogens is 438 g/mol. The van der Waals surface area contributed by atoms with Crippen LogP contribution in [0.15, 0.2) is 54.6 Å². The van der Waals surface area contributed by atoms with Crippen LogP contribution in [0.4, 0.5) is 5.69 Å². The highest BCUT2D eigenvalue weighted by Gasteiger charge is 2.25. The molecule has 0 saturated carbocycles. The molecular formula is C25H35N3O4S. The SMILES string of the molecule is CCc1ccc(N(CCCC(=O)N(CCc2ccccc2)[C@H](C)C(=O)NC)S(C)(=O)=O)cc1. The Morgan fingerprint density at radius 1 is 0.970 bits per heavy atom. The molecule has 8 heteroatoms. The Labute approximate surface area is 197 Å². The molecule has 2 aromatic rings. The summed E-state index contributed by atoms with van der Waals surface area (Å²) in [7, 11) is -1.94. The lowest BCUT2D eigenvalue weighted by atomic mass is 10.1. The van der Waals surface area contributed by atoms with E-state index >= 15 is 0 Å². The molecule has 0 spiro atoms. The van der Waals surface area contributed by atoms with E-state index in [1.807, 2.05) is 49.4 Å². The summed E-state index contributed by atoms with van der Waals surface area (Å²) in [5.74, 6) is -0.401. The van der Waals surface area contributed by atoms with Gasteiger partial charge in [0, 0.05) is 26.6 Å². The summed E-state index contributed by atoms with van der Waals surface area (Å²) >= 11 is 0. The lowest BCUT2D eigenvalue weighted by molar-refractivity contribution is -0.139. The fraction of sp³-hybridized carbons (Fsp3) is 0.440. The van der Waals surface area contributed by atoms with Crippen LogP contribution in [0.5, 0.6) is 0 Å². The van der Waals surface area contributed by atoms with Gasteiger partial charge in [0.2, 0.25) is 21.8 Å². The number of anilines is 1. The highest BCUT2D eigenvalue weighted by atomic mass is 32.2. The molecule has 180 valence electrons. The Morgan fingerprint density at radius 3 is 2.15 bits per heavy atom. The topological polar surface area (TPSA) is 86.8 Å². The number of aryl methyl sites for hydroxylation is 1. The highest BCUT2D eigenvalue weighted by molar-refractivity contribution is 7.92. The minimum Gasteiger partial charge on any atom is -0.357 e. The summed E-state index contributed by atoms with van der Waals surface area (Å²) in [4.78, 5) is 26.9. The van der Waals surface area contributed by atoms with E-state index in [-0.39, 0.29) is 24.8 Å². The third-order valence-electron chi connectivity index (χ3n) is 5.68. The Bertz CT molecular complexity index is 1010. The van der Waals surface area contributed by atoms with Crippen molar-refractivity contribution in [2.75, 3.05) is 30.7 Å². The molecule has 1 atom stereocenters. The van der Waals surface area contributed by atoms with Gasteiger partial charge < -0.3 is 10.2 Å². The number of sulfonamides is 1. The van der Waals surface area contributed by atoms with Gasteiger partial charge in [0.1, 0.15) is 6.04 Å². The summed E-state index contributed by atoms with van der Waals surface area (Å²) in [6.07, 6.45) is 3.17. The second-order valence-corrected chi connectivity index (χ2v) is 9.98. The molecule has 0 radical (unpaired) electrons. The molecule has 2 aromatic carbocycles. The van der Waals surface area contributed by atoms with Gasteiger partial charge in [0.25, 0.3) is 0 Å². The van der Waals surface area contributed by atoms with E-state index < -0.39 is 16.1 Å². The Hall–Kier alpha value is -2.87. The zero-order valence-corrected chi connectivity index (χ0v) is 20.8. The fourth-order valence-electron chi connectivity index (χ4n) is 3.68. The van der Waals surface area contributed by atoms with Gasteiger partial charge in [-0.05, 0) is 49.4 Å². The van der Waals surface area contributed by atoms with Gasteiger partial charge in [-0.25, -0.2) is 8.42 Å². The predicted octanol–water partition coefficient (Wildman–Crippen LogP) is 3.00. The number of amides is 2. The van der Waals surface area contributed by atoms with Crippen molar-refractivity contribution >= 4 is 27.5 Å². The second kappa shape index (κ2) is 12.4. The van der Waals surface area contributed by atoms with Gasteiger partial charge in [0.05, 0.1) is 11.9 Å². The average Bonchev–Trinajstić information content (AvgIpc) is 2.81. The molecule has 0 unspecified atom stereocenters. The maximum Gasteiger partial charge on any atom is 0.242 e. The van der Waals surface area contributed by atoms with Crippen molar-refractivity contribution in [3.05, 3.63) is 65.7 Å². The van der Waals surface area contributed by atoms with Crippen molar-refractivity contribution in [3.8, 4) is 0 Å². The van der Waals surface area contributed by atoms with Gasteiger partial charge in [-0.3, -0.25) is 13.9 Å². The number of nitrogens with one attached hydrogen (secondary N) is 1. The van der Waals surface area contributed by atoms with Crippen molar-refractivity contribution in [1.29, 1.82) is 0 Å². The fourth-order valence-corrected chi connectivity index (χ4v) is 4.65. The van der Waals surface area contributed by atoms with Gasteiger partial charge >= 0.3 is 0 Å². The van der Waals surface area contributed by atoms with Crippen molar-refractivity contribution in [2.45, 2.75) is 45.6 Å². The van der Waals surface area contributed by atoms with Crippen molar-refractivity contribution in [1.82, 2.24) is 10.2 Å². The van der Waals surface area contributed by atoms with E-state index in [1.165, 1.54) is 10.6 Å². The van der Waals surface area contributed by atoms with Crippen molar-refractivity contribution in [3.63, 3.8) is 0 Å². The van der Waals surface area contributed by atoms with Gasteiger partial charge in [-0.1, -0.05) is 49.4 Å². The van der Waals surface area contributed by atoms with Crippen LogP contribution in [0.2, 0.25) is 0 Å². The number of benzene rings is 2. The average molecular weight is 474 g/mol. The van der Waals surface area contributed by atoms with Crippen LogP contribution < -0.4 is 9.62 Å². The number of carbonyl (C=O) groups is 2. The van der Waals surface area contributed by atoms with Gasteiger partial charge in [-0.2, -0.15) is 0 Å². The molecule has 2 amide bonds. The maximum absolute atomic E-state index is 13.1. The third-order valence-corrected chi connectivity index (χ3v) is 6.88. The number of hydrogen-bond acceptors (Lipinski definition) is 4. The lowest BCUT2D eigenvalue weighted by Gasteiger charge is -2.29. The molecule has 0 aromatic heterocycles. The van der Waals surface area contributed by atoms with Crippen LogP contribution in [0.25, 0.3) is 0 Å². The number of hydrogen-bond donors (Lipinski definition) is 1. The molecule has 0 fully saturated rings. The molecule has 0 saturated heterocycles. The van der Waals surface area contributed by atoms with Crippen molar-refractivity contribution in [2.24, 2.45) is 0 Å². The molecule has 7 nitrogen and oxygen atoms in total. The zero-order valence-electron chi connectivity index (χ0n) is 20.0. The standard InChI is InChI=1S/C25H35N3O4S/c1-5-21-13-15-23(16-14-21)28(33(4,31)32)18-9-12-24(29)27(20(2)25(30)26-3)19-17-22-10-7-6-8-11-22/h6-8,10-11,13-16,20H,5,9,12,17-19H2,1-4H3,(H,26,30)/t20-/m1/s1. The summed E-state index contributed by atoms with van der Waals surface area (Å²) in [5, 5.41) is 2.60. The number of rotatable bonds is 12. The first-order chi connectivity index (χ1) is 15.7. The number of nitrogens with zero attached hydrogens (tertiary/aromatic N) is 2. The quantitative estimate of drug-likeness (QED) is 0.513. The predicted molar refractivity (Wildman–Crippen MR) is 133 cm³/mol. The van der Waals surface area contributed by atoms with Crippen LogP contribution in [0.3, 0.4) is 0 Å². The first-order valence-corrected chi connectivity index (χ1v) is 13.1. The Balaban J connectivity index is 2.07. The van der Waals surface area contributed by atoms with Crippen LogP contribution in [0, 0.1) is 0 Å². The first-order valence-electron chi connectivity index (χ1n) is 11.3. The van der Waals surface area contributed by atoms with E-state index in [9.17, 15) is 18.0 Å². The molecule has 1 N–H and O–H groups in total. The van der Waals surface area contributed by atoms with E-state index in [1.54, 1.807) is 31.0 Å².